The molecular formula is C30H34N6O5. The second-order valence-electron chi connectivity index (χ2n) is 11.0. The number of rotatable bonds is 8. The number of phenolic OH excluding ortho intramolecular Hbond substituents is 1. The number of aromatic amines is 1. The van der Waals surface area contributed by atoms with Gasteiger partial charge in [-0.3, -0.25) is 14.5 Å². The third-order valence-electron chi connectivity index (χ3n) is 6.97. The van der Waals surface area contributed by atoms with Gasteiger partial charge in [-0.1, -0.05) is 12.1 Å². The predicted octanol–water partition coefficient (Wildman–Crippen LogP) is 2.93. The number of aromatic hydroxyl groups is 1. The molecule has 0 saturated carbocycles. The van der Waals surface area contributed by atoms with Crippen molar-refractivity contribution >= 4 is 23.2 Å². The lowest BCUT2D eigenvalue weighted by Crippen LogP contribution is -2.43. The molecule has 4 aromatic rings. The maximum Gasteiger partial charge on any atom is 0.280 e. The monoisotopic (exact) mass is 558 g/mol. The van der Waals surface area contributed by atoms with Crippen LogP contribution in [0.5, 0.6) is 17.4 Å². The number of H-pyrrole nitrogens is 1. The number of hydrogen-bond acceptors (Lipinski definition) is 8. The van der Waals surface area contributed by atoms with Gasteiger partial charge in [0.25, 0.3) is 5.91 Å². The van der Waals surface area contributed by atoms with Gasteiger partial charge in [0.1, 0.15) is 11.5 Å². The Balaban J connectivity index is 1.46. The molecule has 1 fully saturated rings. The maximum atomic E-state index is 13.3. The highest BCUT2D eigenvalue weighted by Gasteiger charge is 2.20. The van der Waals surface area contributed by atoms with Crippen LogP contribution in [0.3, 0.4) is 0 Å². The van der Waals surface area contributed by atoms with Crippen LogP contribution in [-0.4, -0.2) is 85.6 Å². The number of phenols is 1. The number of amides is 1. The Morgan fingerprint density at radius 2 is 1.93 bits per heavy atom. The summed E-state index contributed by atoms with van der Waals surface area (Å²) in [5.74, 6) is -0.589. The van der Waals surface area contributed by atoms with Crippen molar-refractivity contribution in [1.29, 1.82) is 0 Å². The molecule has 0 bridgehead atoms. The molecule has 11 heteroatoms. The third kappa shape index (κ3) is 6.71. The van der Waals surface area contributed by atoms with E-state index in [4.69, 9.17) is 4.74 Å². The number of carbonyl (C=O) groups is 2. The molecule has 1 aliphatic heterocycles. The number of nitrogens with one attached hydrogen (secondary N) is 1. The van der Waals surface area contributed by atoms with Crippen LogP contribution >= 0.6 is 0 Å². The van der Waals surface area contributed by atoms with E-state index in [2.05, 4.69) is 43.9 Å². The highest BCUT2D eigenvalue weighted by Crippen LogP contribution is 2.29. The molecule has 1 aliphatic rings. The molecule has 41 heavy (non-hydrogen) atoms. The van der Waals surface area contributed by atoms with Gasteiger partial charge in [0.2, 0.25) is 11.5 Å². The number of hydrogen-bond donors (Lipinski definition) is 3. The zero-order chi connectivity index (χ0) is 29.1. The van der Waals surface area contributed by atoms with Gasteiger partial charge in [0, 0.05) is 50.6 Å². The summed E-state index contributed by atoms with van der Waals surface area (Å²) >= 11 is 0. The average molecular weight is 559 g/mol. The number of aldehydes is 1. The summed E-state index contributed by atoms with van der Waals surface area (Å²) in [6.45, 7) is 8.51. The standard InChI is InChI=1S/C30H34N6O5/c1-30(2,40)19-36-24-15-20(17-35-13-11-34(3)12-14-35)7-8-23(24)32-29(36)33-28(39)21-9-10-31-27(16-21)41-26-6-4-5-25(38)22(26)18-37/h4-10,15-16,18,38,40H,11-14,17,19H2,1-3H3,(H,32,33,39). The molecule has 3 heterocycles. The quantitative estimate of drug-likeness (QED) is 0.281. The van der Waals surface area contributed by atoms with Gasteiger partial charge < -0.3 is 29.4 Å². The number of nitrogens with zero attached hydrogens (tertiary/aromatic N) is 5. The van der Waals surface area contributed by atoms with Gasteiger partial charge in [-0.15, -0.1) is 0 Å². The first-order chi connectivity index (χ1) is 19.6. The molecule has 0 atom stereocenters. The van der Waals surface area contributed by atoms with Crippen LogP contribution in [0.2, 0.25) is 0 Å². The van der Waals surface area contributed by atoms with Crippen LogP contribution in [0, 0.1) is 0 Å². The van der Waals surface area contributed by atoms with Crippen molar-refractivity contribution in [3.8, 4) is 17.4 Å². The third-order valence-corrected chi connectivity index (χ3v) is 6.97. The summed E-state index contributed by atoms with van der Waals surface area (Å²) in [5.41, 5.74) is 2.22. The molecule has 5 rings (SSSR count). The molecular weight excluding hydrogens is 524 g/mol. The molecule has 214 valence electrons. The molecule has 2 aromatic carbocycles. The summed E-state index contributed by atoms with van der Waals surface area (Å²) in [6.07, 6.45) is 1.89. The van der Waals surface area contributed by atoms with E-state index >= 15 is 0 Å². The van der Waals surface area contributed by atoms with Crippen molar-refractivity contribution in [3.63, 3.8) is 0 Å². The smallest absolute Gasteiger partial charge is 0.280 e. The van der Waals surface area contributed by atoms with E-state index in [1.54, 1.807) is 13.8 Å². The van der Waals surface area contributed by atoms with E-state index in [-0.39, 0.29) is 35.1 Å². The first-order valence-electron chi connectivity index (χ1n) is 13.4. The second-order valence-corrected chi connectivity index (χ2v) is 11.0. The second kappa shape index (κ2) is 11.7. The van der Waals surface area contributed by atoms with E-state index in [9.17, 15) is 19.8 Å². The summed E-state index contributed by atoms with van der Waals surface area (Å²) in [7, 11) is 2.13. The Kier molecular flexibility index (Phi) is 8.02. The molecule has 2 aromatic heterocycles. The first kappa shape index (κ1) is 28.2. The minimum atomic E-state index is -1.06. The van der Waals surface area contributed by atoms with E-state index in [1.165, 1.54) is 36.5 Å². The Morgan fingerprint density at radius 3 is 2.66 bits per heavy atom. The Morgan fingerprint density at radius 1 is 1.15 bits per heavy atom. The van der Waals surface area contributed by atoms with Gasteiger partial charge in [-0.2, -0.15) is 4.99 Å². The van der Waals surface area contributed by atoms with Crippen LogP contribution < -0.4 is 10.4 Å². The van der Waals surface area contributed by atoms with Crippen LogP contribution in [0.4, 0.5) is 0 Å². The van der Waals surface area contributed by atoms with Gasteiger partial charge >= 0.3 is 0 Å². The van der Waals surface area contributed by atoms with Crippen LogP contribution in [0.15, 0.2) is 59.7 Å². The van der Waals surface area contributed by atoms with E-state index < -0.39 is 11.5 Å². The first-order valence-corrected chi connectivity index (χ1v) is 13.4. The van der Waals surface area contributed by atoms with E-state index in [1.807, 2.05) is 10.6 Å². The van der Waals surface area contributed by atoms with Crippen LogP contribution in [0.1, 0.15) is 40.1 Å². The Bertz CT molecular complexity index is 1640. The number of benzene rings is 2. The van der Waals surface area contributed by atoms with Crippen molar-refractivity contribution in [2.45, 2.75) is 32.5 Å². The lowest BCUT2D eigenvalue weighted by molar-refractivity contribution is 0.0612. The van der Waals surface area contributed by atoms with E-state index in [0.717, 1.165) is 49.3 Å². The number of likely N-dealkylation sites (N-methyl/N-ethyl adjacent to an activating group) is 1. The van der Waals surface area contributed by atoms with E-state index in [0.29, 0.717) is 11.9 Å². The number of fused-ring (bicyclic) bond motifs is 1. The summed E-state index contributed by atoms with van der Waals surface area (Å²) in [4.78, 5) is 41.1. The highest BCUT2D eigenvalue weighted by molar-refractivity contribution is 5.95. The fourth-order valence-corrected chi connectivity index (χ4v) is 4.82. The number of piperazine rings is 1. The number of aromatic nitrogens is 3. The highest BCUT2D eigenvalue weighted by atomic mass is 16.5. The molecule has 11 nitrogen and oxygen atoms in total. The number of imidazole rings is 1. The van der Waals surface area contributed by atoms with Crippen molar-refractivity contribution in [3.05, 3.63) is 77.0 Å². The predicted molar refractivity (Wildman–Crippen MR) is 153 cm³/mol. The molecule has 1 amide bonds. The van der Waals surface area contributed by atoms with Gasteiger partial charge in [-0.05, 0) is 56.8 Å². The normalized spacial score (nSPS) is 15.4. The summed E-state index contributed by atoms with van der Waals surface area (Å²) in [6, 6.07) is 13.5. The van der Waals surface area contributed by atoms with Crippen molar-refractivity contribution in [2.75, 3.05) is 33.2 Å². The maximum absolute atomic E-state index is 13.3. The average Bonchev–Trinajstić information content (AvgIpc) is 3.25. The Labute approximate surface area is 237 Å². The molecule has 3 N–H and O–H groups in total. The molecule has 0 radical (unpaired) electrons. The summed E-state index contributed by atoms with van der Waals surface area (Å²) < 4.78 is 7.51. The lowest BCUT2D eigenvalue weighted by atomic mass is 10.1. The molecule has 0 spiro atoms. The zero-order valence-electron chi connectivity index (χ0n) is 23.4. The summed E-state index contributed by atoms with van der Waals surface area (Å²) in [5, 5.41) is 20.6. The topological polar surface area (TPSA) is 136 Å². The molecule has 0 aliphatic carbocycles. The van der Waals surface area contributed by atoms with Crippen LogP contribution in [-0.2, 0) is 13.1 Å². The van der Waals surface area contributed by atoms with Crippen molar-refractivity contribution in [1.82, 2.24) is 24.3 Å². The minimum absolute atomic E-state index is 0.0200. The number of ether oxygens (including phenoxy) is 1. The van der Waals surface area contributed by atoms with Gasteiger partial charge in [0.15, 0.2) is 6.29 Å². The van der Waals surface area contributed by atoms with Gasteiger partial charge in [0.05, 0.1) is 28.7 Å². The molecule has 1 saturated heterocycles. The molecule has 0 unspecified atom stereocenters. The van der Waals surface area contributed by atoms with Crippen molar-refractivity contribution in [2.24, 2.45) is 4.99 Å². The fourth-order valence-electron chi connectivity index (χ4n) is 4.82. The largest absolute Gasteiger partial charge is 0.507 e. The fraction of sp³-hybridized carbons (Fsp3) is 0.333. The van der Waals surface area contributed by atoms with Gasteiger partial charge in [-0.25, -0.2) is 4.98 Å². The number of carbonyl (C=O) groups excluding carboxylic acids is 2. The number of aliphatic hydroxyl groups is 1. The zero-order valence-corrected chi connectivity index (χ0v) is 23.4. The minimum Gasteiger partial charge on any atom is -0.507 e. The lowest BCUT2D eigenvalue weighted by Gasteiger charge is -2.32. The van der Waals surface area contributed by atoms with Crippen LogP contribution in [0.25, 0.3) is 11.0 Å². The Hall–Kier alpha value is -4.32. The SMILES string of the molecule is CN1CCN(Cc2ccc3[nH]/c(=N\C(=O)c4ccnc(Oc5cccc(O)c5C=O)c4)n(CC(C)(C)O)c3c2)CC1. The number of pyridine rings is 1. The van der Waals surface area contributed by atoms with Crippen molar-refractivity contribution < 1.29 is 24.5 Å².